The lowest BCUT2D eigenvalue weighted by Crippen LogP contribution is -2.29. The number of methoxy groups -OCH3 is 2. The van der Waals surface area contributed by atoms with Crippen molar-refractivity contribution in [1.82, 2.24) is 5.32 Å². The van der Waals surface area contributed by atoms with E-state index in [2.05, 4.69) is 5.32 Å². The van der Waals surface area contributed by atoms with Crippen molar-refractivity contribution in [3.05, 3.63) is 23.8 Å². The molecule has 0 aromatic heterocycles. The van der Waals surface area contributed by atoms with Crippen LogP contribution in [0.2, 0.25) is 0 Å². The first-order chi connectivity index (χ1) is 7.67. The van der Waals surface area contributed by atoms with Crippen LogP contribution in [0.15, 0.2) is 18.2 Å². The third kappa shape index (κ3) is 3.72. The number of nitrogens with one attached hydrogen (secondary N) is 1. The van der Waals surface area contributed by atoms with Crippen LogP contribution in [-0.4, -0.2) is 32.0 Å². The van der Waals surface area contributed by atoms with E-state index in [0.717, 1.165) is 5.56 Å². The molecule has 0 aliphatic carbocycles. The lowest BCUT2D eigenvalue weighted by Gasteiger charge is -2.13. The monoisotopic (exact) mass is 225 g/mol. The Morgan fingerprint density at radius 1 is 1.38 bits per heavy atom. The van der Waals surface area contributed by atoms with E-state index >= 15 is 0 Å². The van der Waals surface area contributed by atoms with E-state index in [1.165, 1.54) is 7.11 Å². The summed E-state index contributed by atoms with van der Waals surface area (Å²) in [5, 5.41) is 12.9. The Kier molecular flexibility index (Phi) is 5.08. The summed E-state index contributed by atoms with van der Waals surface area (Å²) >= 11 is 0. The van der Waals surface area contributed by atoms with Gasteiger partial charge in [-0.3, -0.25) is 0 Å². The quantitative estimate of drug-likeness (QED) is 0.770. The molecule has 4 heteroatoms. The number of benzene rings is 1. The van der Waals surface area contributed by atoms with Crippen LogP contribution in [0.4, 0.5) is 0 Å². The maximum absolute atomic E-state index is 9.58. The van der Waals surface area contributed by atoms with Crippen molar-refractivity contribution in [3.8, 4) is 11.5 Å². The molecule has 1 atom stereocenters. The van der Waals surface area contributed by atoms with Crippen LogP contribution in [0.3, 0.4) is 0 Å². The molecule has 0 fully saturated rings. The SMILES string of the molecule is COCC(C)NCc1ccc(OC)c(O)c1. The maximum Gasteiger partial charge on any atom is 0.160 e. The summed E-state index contributed by atoms with van der Waals surface area (Å²) in [6, 6.07) is 5.67. The molecule has 0 saturated carbocycles. The van der Waals surface area contributed by atoms with Crippen LogP contribution in [0.1, 0.15) is 12.5 Å². The molecule has 0 aliphatic heterocycles. The second-order valence-electron chi connectivity index (χ2n) is 3.74. The topological polar surface area (TPSA) is 50.7 Å². The second kappa shape index (κ2) is 6.35. The largest absolute Gasteiger partial charge is 0.504 e. The highest BCUT2D eigenvalue weighted by Crippen LogP contribution is 2.26. The summed E-state index contributed by atoms with van der Waals surface area (Å²) in [6.45, 7) is 3.41. The Bertz CT molecular complexity index is 328. The Morgan fingerprint density at radius 3 is 2.69 bits per heavy atom. The van der Waals surface area contributed by atoms with Crippen molar-refractivity contribution in [3.63, 3.8) is 0 Å². The van der Waals surface area contributed by atoms with E-state index in [1.54, 1.807) is 19.2 Å². The second-order valence-corrected chi connectivity index (χ2v) is 3.74. The minimum absolute atomic E-state index is 0.168. The first kappa shape index (κ1) is 12.8. The van der Waals surface area contributed by atoms with Crippen LogP contribution in [0.25, 0.3) is 0 Å². The van der Waals surface area contributed by atoms with Gasteiger partial charge in [0.2, 0.25) is 0 Å². The molecule has 0 spiro atoms. The molecule has 16 heavy (non-hydrogen) atoms. The fourth-order valence-corrected chi connectivity index (χ4v) is 1.45. The van der Waals surface area contributed by atoms with Crippen LogP contribution in [0, 0.1) is 0 Å². The molecule has 1 aromatic carbocycles. The predicted octanol–water partition coefficient (Wildman–Crippen LogP) is 1.53. The summed E-state index contributed by atoms with van der Waals surface area (Å²) in [5.74, 6) is 0.662. The molecular formula is C12H19NO3. The minimum atomic E-state index is 0.168. The number of phenols is 1. The van der Waals surface area contributed by atoms with Crippen molar-refractivity contribution in [1.29, 1.82) is 0 Å². The molecule has 0 heterocycles. The van der Waals surface area contributed by atoms with Crippen molar-refractivity contribution >= 4 is 0 Å². The molecule has 1 rings (SSSR count). The zero-order valence-corrected chi connectivity index (χ0v) is 9.99. The van der Waals surface area contributed by atoms with Gasteiger partial charge < -0.3 is 19.9 Å². The standard InChI is InChI=1S/C12H19NO3/c1-9(8-15-2)13-7-10-4-5-12(16-3)11(14)6-10/h4-6,9,13-14H,7-8H2,1-3H3. The Hall–Kier alpha value is -1.26. The van der Waals surface area contributed by atoms with Gasteiger partial charge in [0, 0.05) is 19.7 Å². The van der Waals surface area contributed by atoms with E-state index in [1.807, 2.05) is 13.0 Å². The zero-order valence-electron chi connectivity index (χ0n) is 9.99. The van der Waals surface area contributed by atoms with Crippen LogP contribution in [-0.2, 0) is 11.3 Å². The van der Waals surface area contributed by atoms with Crippen molar-refractivity contribution in [2.75, 3.05) is 20.8 Å². The van der Waals surface area contributed by atoms with Gasteiger partial charge in [-0.15, -0.1) is 0 Å². The summed E-state index contributed by atoms with van der Waals surface area (Å²) in [7, 11) is 3.21. The molecule has 2 N–H and O–H groups in total. The lowest BCUT2D eigenvalue weighted by atomic mass is 10.2. The van der Waals surface area contributed by atoms with Gasteiger partial charge in [0.25, 0.3) is 0 Å². The van der Waals surface area contributed by atoms with Crippen molar-refractivity contribution < 1.29 is 14.6 Å². The van der Waals surface area contributed by atoms with Crippen LogP contribution in [0.5, 0.6) is 11.5 Å². The average molecular weight is 225 g/mol. The number of phenolic OH excluding ortho intramolecular Hbond substituents is 1. The summed E-state index contributed by atoms with van der Waals surface area (Å²) < 4.78 is 9.99. The normalized spacial score (nSPS) is 12.4. The molecule has 1 aromatic rings. The molecule has 1 unspecified atom stereocenters. The third-order valence-corrected chi connectivity index (χ3v) is 2.31. The minimum Gasteiger partial charge on any atom is -0.504 e. The van der Waals surface area contributed by atoms with Gasteiger partial charge in [0.1, 0.15) is 0 Å². The van der Waals surface area contributed by atoms with Gasteiger partial charge in [0.05, 0.1) is 13.7 Å². The van der Waals surface area contributed by atoms with Gasteiger partial charge in [-0.25, -0.2) is 0 Å². The highest BCUT2D eigenvalue weighted by molar-refractivity contribution is 5.41. The van der Waals surface area contributed by atoms with E-state index in [0.29, 0.717) is 18.9 Å². The Balaban J connectivity index is 2.51. The van der Waals surface area contributed by atoms with E-state index < -0.39 is 0 Å². The third-order valence-electron chi connectivity index (χ3n) is 2.31. The van der Waals surface area contributed by atoms with Gasteiger partial charge >= 0.3 is 0 Å². The first-order valence-corrected chi connectivity index (χ1v) is 5.25. The average Bonchev–Trinajstić information content (AvgIpc) is 2.27. The summed E-state index contributed by atoms with van der Waals surface area (Å²) in [6.07, 6.45) is 0. The van der Waals surface area contributed by atoms with E-state index in [4.69, 9.17) is 9.47 Å². The van der Waals surface area contributed by atoms with Gasteiger partial charge in [-0.1, -0.05) is 6.07 Å². The smallest absolute Gasteiger partial charge is 0.160 e. The molecule has 90 valence electrons. The lowest BCUT2D eigenvalue weighted by molar-refractivity contribution is 0.171. The van der Waals surface area contributed by atoms with E-state index in [9.17, 15) is 5.11 Å². The molecule has 0 aliphatic rings. The van der Waals surface area contributed by atoms with E-state index in [-0.39, 0.29) is 11.8 Å². The molecule has 0 bridgehead atoms. The molecule has 0 amide bonds. The van der Waals surface area contributed by atoms with Crippen LogP contribution < -0.4 is 10.1 Å². The summed E-state index contributed by atoms with van der Waals surface area (Å²) in [5.41, 5.74) is 1.02. The highest BCUT2D eigenvalue weighted by Gasteiger charge is 2.04. The van der Waals surface area contributed by atoms with Gasteiger partial charge in [0.15, 0.2) is 11.5 Å². The number of rotatable bonds is 6. The molecule has 0 saturated heterocycles. The number of aromatic hydroxyl groups is 1. The Morgan fingerprint density at radius 2 is 2.12 bits per heavy atom. The fourth-order valence-electron chi connectivity index (χ4n) is 1.45. The van der Waals surface area contributed by atoms with Crippen molar-refractivity contribution in [2.45, 2.75) is 19.5 Å². The number of hydrogen-bond donors (Lipinski definition) is 2. The van der Waals surface area contributed by atoms with Gasteiger partial charge in [-0.2, -0.15) is 0 Å². The molecule has 0 radical (unpaired) electrons. The zero-order chi connectivity index (χ0) is 12.0. The van der Waals surface area contributed by atoms with Gasteiger partial charge in [-0.05, 0) is 24.6 Å². The highest BCUT2D eigenvalue weighted by atomic mass is 16.5. The van der Waals surface area contributed by atoms with Crippen molar-refractivity contribution in [2.24, 2.45) is 0 Å². The fraction of sp³-hybridized carbons (Fsp3) is 0.500. The number of hydrogen-bond acceptors (Lipinski definition) is 4. The maximum atomic E-state index is 9.58. The first-order valence-electron chi connectivity index (χ1n) is 5.25. The van der Waals surface area contributed by atoms with Crippen LogP contribution >= 0.6 is 0 Å². The Labute approximate surface area is 96.2 Å². The summed E-state index contributed by atoms with van der Waals surface area (Å²) in [4.78, 5) is 0. The number of ether oxygens (including phenoxy) is 2. The molecular weight excluding hydrogens is 206 g/mol. The molecule has 4 nitrogen and oxygen atoms in total. The predicted molar refractivity (Wildman–Crippen MR) is 62.8 cm³/mol.